The van der Waals surface area contributed by atoms with Crippen LogP contribution in [0.2, 0.25) is 0 Å². The van der Waals surface area contributed by atoms with Crippen LogP contribution in [0, 0.1) is 27.9 Å². The summed E-state index contributed by atoms with van der Waals surface area (Å²) < 4.78 is 7.27. The van der Waals surface area contributed by atoms with Gasteiger partial charge in [-0.15, -0.1) is 0 Å². The van der Waals surface area contributed by atoms with E-state index in [0.29, 0.717) is 18.7 Å². The Kier molecular flexibility index (Phi) is 6.38. The van der Waals surface area contributed by atoms with Crippen molar-refractivity contribution in [2.24, 2.45) is 17.8 Å². The number of hydrogen-bond acceptors (Lipinski definition) is 6. The van der Waals surface area contributed by atoms with Gasteiger partial charge < -0.3 is 14.2 Å². The van der Waals surface area contributed by atoms with Crippen molar-refractivity contribution in [1.29, 1.82) is 0 Å². The summed E-state index contributed by atoms with van der Waals surface area (Å²) >= 11 is 0. The zero-order valence-electron chi connectivity index (χ0n) is 20.8. The number of nitrogens with zero attached hydrogens (tertiary/aromatic N) is 3. The predicted octanol–water partition coefficient (Wildman–Crippen LogP) is 4.47. The number of nitro benzene ring substituents is 1. The number of nitro groups is 1. The molecule has 1 fully saturated rings. The van der Waals surface area contributed by atoms with Crippen LogP contribution in [0.4, 0.5) is 5.69 Å². The maximum atomic E-state index is 14.0. The summed E-state index contributed by atoms with van der Waals surface area (Å²) in [4.78, 5) is 40.3. The van der Waals surface area contributed by atoms with Gasteiger partial charge in [-0.3, -0.25) is 19.7 Å². The third kappa shape index (κ3) is 3.99. The Bertz CT molecular complexity index is 1350. The fourth-order valence-corrected chi connectivity index (χ4v) is 6.51. The van der Waals surface area contributed by atoms with Crippen LogP contribution in [-0.2, 0) is 22.5 Å². The molecule has 36 heavy (non-hydrogen) atoms. The summed E-state index contributed by atoms with van der Waals surface area (Å²) in [6.07, 6.45) is 1.72. The molecular weight excluding hydrogens is 458 g/mol. The lowest BCUT2D eigenvalue weighted by Gasteiger charge is -2.48. The van der Waals surface area contributed by atoms with Gasteiger partial charge in [-0.25, -0.2) is 0 Å². The molecule has 1 aromatic heterocycles. The first-order valence-electron chi connectivity index (χ1n) is 12.5. The molecule has 1 unspecified atom stereocenters. The Morgan fingerprint density at radius 3 is 2.67 bits per heavy atom. The first-order valence-corrected chi connectivity index (χ1v) is 12.5. The van der Waals surface area contributed by atoms with Gasteiger partial charge in [0.05, 0.1) is 23.6 Å². The standard InChI is InChI=1S/C28H31N3O5/c1-4-18-16-29(2)24-13-22-20-10-5-6-11-23(20)30(15-17-8-7-9-19(12-17)31(34)35)27(22)25(32)14-21(18)26(24)28(33)36-3/h5-12,18,21,24,26H,4,13-16H2,1-3H3/t18-,21-,24+,26?/m1/s1. The molecule has 2 bridgehead atoms. The summed E-state index contributed by atoms with van der Waals surface area (Å²) in [5.41, 5.74) is 3.31. The lowest BCUT2D eigenvalue weighted by molar-refractivity contribution is -0.384. The molecule has 4 atom stereocenters. The molecule has 2 aliphatic rings. The maximum Gasteiger partial charge on any atom is 0.310 e. The zero-order valence-corrected chi connectivity index (χ0v) is 20.8. The number of ketones is 1. The molecule has 2 heterocycles. The van der Waals surface area contributed by atoms with Crippen LogP contribution in [0.1, 0.15) is 41.4 Å². The summed E-state index contributed by atoms with van der Waals surface area (Å²) in [6.45, 7) is 3.31. The molecule has 3 aromatic rings. The van der Waals surface area contributed by atoms with E-state index < -0.39 is 4.92 Å². The minimum Gasteiger partial charge on any atom is -0.469 e. The second-order valence-corrected chi connectivity index (χ2v) is 10.1. The second kappa shape index (κ2) is 9.50. The van der Waals surface area contributed by atoms with E-state index in [1.54, 1.807) is 12.1 Å². The third-order valence-corrected chi connectivity index (χ3v) is 8.20. The van der Waals surface area contributed by atoms with E-state index in [0.717, 1.165) is 35.0 Å². The van der Waals surface area contributed by atoms with Crippen LogP contribution >= 0.6 is 0 Å². The summed E-state index contributed by atoms with van der Waals surface area (Å²) in [7, 11) is 3.49. The van der Waals surface area contributed by atoms with Crippen molar-refractivity contribution in [1.82, 2.24) is 9.47 Å². The molecular formula is C28H31N3O5. The van der Waals surface area contributed by atoms with Gasteiger partial charge in [-0.1, -0.05) is 43.7 Å². The molecule has 0 radical (unpaired) electrons. The molecule has 8 nitrogen and oxygen atoms in total. The van der Waals surface area contributed by atoms with Crippen LogP contribution in [0.15, 0.2) is 48.5 Å². The van der Waals surface area contributed by atoms with Crippen molar-refractivity contribution in [2.75, 3.05) is 20.7 Å². The molecule has 8 heteroatoms. The second-order valence-electron chi connectivity index (χ2n) is 10.1. The number of aromatic nitrogens is 1. The van der Waals surface area contributed by atoms with E-state index in [1.807, 2.05) is 34.9 Å². The van der Waals surface area contributed by atoms with E-state index >= 15 is 0 Å². The lowest BCUT2D eigenvalue weighted by atomic mass is 9.67. The fraction of sp³-hybridized carbons (Fsp3) is 0.429. The van der Waals surface area contributed by atoms with Gasteiger partial charge in [0, 0.05) is 48.6 Å². The molecule has 2 aromatic carbocycles. The quantitative estimate of drug-likeness (QED) is 0.298. The van der Waals surface area contributed by atoms with Crippen LogP contribution in [0.25, 0.3) is 10.9 Å². The normalized spacial score (nSPS) is 24.1. The number of benzene rings is 2. The Balaban J connectivity index is 1.68. The highest BCUT2D eigenvalue weighted by Crippen LogP contribution is 2.43. The number of likely N-dealkylation sites (N-methyl/N-ethyl adjacent to an activating group) is 1. The van der Waals surface area contributed by atoms with E-state index in [1.165, 1.54) is 13.2 Å². The number of esters is 1. The van der Waals surface area contributed by atoms with Crippen LogP contribution < -0.4 is 0 Å². The minimum atomic E-state index is -0.401. The van der Waals surface area contributed by atoms with Crippen molar-refractivity contribution in [3.8, 4) is 0 Å². The van der Waals surface area contributed by atoms with Gasteiger partial charge in [0.15, 0.2) is 5.78 Å². The first-order chi connectivity index (χ1) is 17.3. The van der Waals surface area contributed by atoms with Gasteiger partial charge in [0.2, 0.25) is 0 Å². The van der Waals surface area contributed by atoms with Crippen molar-refractivity contribution in [3.63, 3.8) is 0 Å². The van der Waals surface area contributed by atoms with E-state index in [-0.39, 0.29) is 47.7 Å². The minimum absolute atomic E-state index is 0.0204. The molecule has 0 N–H and O–H groups in total. The number of methoxy groups -OCH3 is 1. The Morgan fingerprint density at radius 2 is 1.94 bits per heavy atom. The molecule has 0 saturated carbocycles. The van der Waals surface area contributed by atoms with Crippen LogP contribution in [0.5, 0.6) is 0 Å². The molecule has 1 saturated heterocycles. The van der Waals surface area contributed by atoms with Gasteiger partial charge in [-0.2, -0.15) is 0 Å². The van der Waals surface area contributed by atoms with Gasteiger partial charge >= 0.3 is 5.97 Å². The summed E-state index contributed by atoms with van der Waals surface area (Å²) in [5.74, 6) is -0.461. The van der Waals surface area contributed by atoms with Gasteiger partial charge in [0.1, 0.15) is 0 Å². The number of carbonyl (C=O) groups excluding carboxylic acids is 2. The average molecular weight is 490 g/mol. The van der Waals surface area contributed by atoms with E-state index in [9.17, 15) is 19.7 Å². The van der Waals surface area contributed by atoms with Gasteiger partial charge in [-0.05, 0) is 42.5 Å². The highest BCUT2D eigenvalue weighted by Gasteiger charge is 2.49. The highest BCUT2D eigenvalue weighted by molar-refractivity contribution is 6.03. The SMILES string of the molecule is CC[C@@H]1CN(C)[C@H]2Cc3c(n(Cc4cccc([N+](=O)[O-])c4)c4ccccc34)C(=O)C[C@H]1C2C(=O)OC. The van der Waals surface area contributed by atoms with Crippen molar-refractivity contribution in [2.45, 2.75) is 38.8 Å². The number of carbonyl (C=O) groups is 2. The smallest absolute Gasteiger partial charge is 0.310 e. The molecule has 1 aliphatic heterocycles. The topological polar surface area (TPSA) is 94.7 Å². The molecule has 0 amide bonds. The molecule has 5 rings (SSSR count). The molecule has 0 spiro atoms. The number of ether oxygens (including phenoxy) is 1. The lowest BCUT2D eigenvalue weighted by Crippen LogP contribution is -2.56. The number of piperidine rings is 1. The number of para-hydroxylation sites is 1. The Labute approximate surface area is 210 Å². The average Bonchev–Trinajstić information content (AvgIpc) is 3.17. The van der Waals surface area contributed by atoms with Crippen molar-refractivity contribution < 1.29 is 19.2 Å². The Morgan fingerprint density at radius 1 is 1.17 bits per heavy atom. The van der Waals surface area contributed by atoms with E-state index in [2.05, 4.69) is 18.9 Å². The Hall–Kier alpha value is -3.52. The van der Waals surface area contributed by atoms with Crippen molar-refractivity contribution in [3.05, 3.63) is 75.5 Å². The number of non-ortho nitro benzene ring substituents is 1. The number of Topliss-reactive ketones (excluding diaryl/α,β-unsaturated/α-hetero) is 1. The van der Waals surface area contributed by atoms with E-state index in [4.69, 9.17) is 4.74 Å². The number of rotatable bonds is 5. The van der Waals surface area contributed by atoms with Crippen LogP contribution in [-0.4, -0.2) is 52.9 Å². The predicted molar refractivity (Wildman–Crippen MR) is 136 cm³/mol. The number of likely N-dealkylation sites (tertiary alicyclic amines) is 1. The maximum absolute atomic E-state index is 14.0. The summed E-state index contributed by atoms with van der Waals surface area (Å²) in [5, 5.41) is 12.3. The molecule has 1 aliphatic carbocycles. The third-order valence-electron chi connectivity index (χ3n) is 8.20. The monoisotopic (exact) mass is 489 g/mol. The summed E-state index contributed by atoms with van der Waals surface area (Å²) in [6, 6.07) is 14.4. The fourth-order valence-electron chi connectivity index (χ4n) is 6.51. The highest BCUT2D eigenvalue weighted by atomic mass is 16.6. The first kappa shape index (κ1) is 24.2. The largest absolute Gasteiger partial charge is 0.469 e. The molecule has 188 valence electrons. The number of hydrogen-bond donors (Lipinski definition) is 0. The number of fused-ring (bicyclic) bond motifs is 5. The van der Waals surface area contributed by atoms with Crippen molar-refractivity contribution >= 4 is 28.3 Å². The zero-order chi connectivity index (χ0) is 25.6. The van der Waals surface area contributed by atoms with Crippen LogP contribution in [0.3, 0.4) is 0 Å². The van der Waals surface area contributed by atoms with Gasteiger partial charge in [0.25, 0.3) is 5.69 Å².